The summed E-state index contributed by atoms with van der Waals surface area (Å²) in [4.78, 5) is 39.5. The third-order valence-corrected chi connectivity index (χ3v) is 5.12. The van der Waals surface area contributed by atoms with Gasteiger partial charge in [0.2, 0.25) is 0 Å². The minimum Gasteiger partial charge on any atom is -0.465 e. The fourth-order valence-electron chi connectivity index (χ4n) is 3.47. The first-order valence-electron chi connectivity index (χ1n) is 9.05. The summed E-state index contributed by atoms with van der Waals surface area (Å²) in [6.45, 7) is 6.99. The monoisotopic (exact) mass is 364 g/mol. The van der Waals surface area contributed by atoms with Gasteiger partial charge in [0.15, 0.2) is 6.10 Å². The number of methoxy groups -OCH3 is 1. The largest absolute Gasteiger partial charge is 0.465 e. The zero-order chi connectivity index (χ0) is 19.4. The molecule has 26 heavy (non-hydrogen) atoms. The smallest absolute Gasteiger partial charge is 0.355 e. The van der Waals surface area contributed by atoms with Crippen LogP contribution >= 0.6 is 0 Å². The molecule has 1 heterocycles. The average molecular weight is 364 g/mol. The lowest BCUT2D eigenvalue weighted by atomic mass is 9.86. The predicted octanol–water partition coefficient (Wildman–Crippen LogP) is 2.66. The van der Waals surface area contributed by atoms with Crippen molar-refractivity contribution in [3.8, 4) is 0 Å². The van der Waals surface area contributed by atoms with Gasteiger partial charge in [-0.05, 0) is 45.1 Å². The Balaban J connectivity index is 2.02. The predicted molar refractivity (Wildman–Crippen MR) is 96.0 cm³/mol. The van der Waals surface area contributed by atoms with Crippen LogP contribution in [0, 0.1) is 19.8 Å². The Kier molecular flexibility index (Phi) is 6.45. The van der Waals surface area contributed by atoms with E-state index in [0.717, 1.165) is 19.3 Å². The number of ether oxygens (including phenoxy) is 2. The van der Waals surface area contributed by atoms with Crippen LogP contribution in [-0.4, -0.2) is 42.1 Å². The highest BCUT2D eigenvalue weighted by atomic mass is 16.5. The summed E-state index contributed by atoms with van der Waals surface area (Å²) in [5, 5.41) is 2.98. The van der Waals surface area contributed by atoms with E-state index in [4.69, 9.17) is 9.47 Å². The summed E-state index contributed by atoms with van der Waals surface area (Å²) in [5.74, 6) is -1.06. The maximum absolute atomic E-state index is 12.4. The molecule has 1 fully saturated rings. The van der Waals surface area contributed by atoms with E-state index in [0.29, 0.717) is 22.7 Å². The van der Waals surface area contributed by atoms with Gasteiger partial charge in [0.1, 0.15) is 5.69 Å². The highest BCUT2D eigenvalue weighted by Crippen LogP contribution is 2.24. The Morgan fingerprint density at radius 3 is 2.42 bits per heavy atom. The number of carbonyl (C=O) groups excluding carboxylic acids is 3. The molecule has 0 bridgehead atoms. The van der Waals surface area contributed by atoms with Crippen molar-refractivity contribution < 1.29 is 23.9 Å². The molecule has 1 aliphatic carbocycles. The first kappa shape index (κ1) is 20.0. The minimum absolute atomic E-state index is 0.123. The first-order valence-corrected chi connectivity index (χ1v) is 9.05. The second kappa shape index (κ2) is 8.38. The Bertz CT molecular complexity index is 694. The molecule has 7 nitrogen and oxygen atoms in total. The first-order chi connectivity index (χ1) is 12.3. The van der Waals surface area contributed by atoms with E-state index in [2.05, 4.69) is 17.2 Å². The van der Waals surface area contributed by atoms with E-state index < -0.39 is 18.0 Å². The SMILES string of the molecule is COC(=O)c1c(C)[nH]c(C(=O)O[C@H](C)C(=O)N[C@H]2CCCC[C@@H]2C)c1C. The van der Waals surface area contributed by atoms with Crippen LogP contribution in [0.1, 0.15) is 71.6 Å². The zero-order valence-corrected chi connectivity index (χ0v) is 16.1. The zero-order valence-electron chi connectivity index (χ0n) is 16.1. The summed E-state index contributed by atoms with van der Waals surface area (Å²) < 4.78 is 10.0. The lowest BCUT2D eigenvalue weighted by Gasteiger charge is -2.30. The molecule has 2 rings (SSSR count). The number of esters is 2. The van der Waals surface area contributed by atoms with E-state index in [1.807, 2.05) is 0 Å². The fourth-order valence-corrected chi connectivity index (χ4v) is 3.47. The quantitative estimate of drug-likeness (QED) is 0.783. The number of nitrogens with one attached hydrogen (secondary N) is 2. The number of H-pyrrole nitrogens is 1. The van der Waals surface area contributed by atoms with Crippen LogP contribution in [0.5, 0.6) is 0 Å². The van der Waals surface area contributed by atoms with Crippen LogP contribution in [0.2, 0.25) is 0 Å². The summed E-state index contributed by atoms with van der Waals surface area (Å²) in [6, 6.07) is 0.123. The molecule has 0 aliphatic heterocycles. The minimum atomic E-state index is -0.916. The van der Waals surface area contributed by atoms with Crippen LogP contribution in [0.3, 0.4) is 0 Å². The lowest BCUT2D eigenvalue weighted by Crippen LogP contribution is -2.46. The molecule has 1 aliphatic rings. The van der Waals surface area contributed by atoms with Crippen molar-refractivity contribution in [1.29, 1.82) is 0 Å². The van der Waals surface area contributed by atoms with Crippen molar-refractivity contribution >= 4 is 17.8 Å². The topological polar surface area (TPSA) is 97.5 Å². The van der Waals surface area contributed by atoms with Gasteiger partial charge in [0, 0.05) is 11.7 Å². The Morgan fingerprint density at radius 2 is 1.81 bits per heavy atom. The van der Waals surface area contributed by atoms with Crippen LogP contribution in [0.4, 0.5) is 0 Å². The summed E-state index contributed by atoms with van der Waals surface area (Å²) in [5.41, 5.74) is 1.45. The molecule has 0 unspecified atom stereocenters. The molecular formula is C19H28N2O5. The molecule has 1 aromatic heterocycles. The van der Waals surface area contributed by atoms with E-state index >= 15 is 0 Å². The maximum atomic E-state index is 12.4. The Labute approximate surface area is 153 Å². The standard InChI is InChI=1S/C19H28N2O5/c1-10-8-6-7-9-14(10)21-17(22)13(4)26-19(24)16-11(2)15(12(3)20-16)18(23)25-5/h10,13-14,20H,6-9H2,1-5H3,(H,21,22)/t10-,13+,14-/m0/s1. The number of hydrogen-bond donors (Lipinski definition) is 2. The van der Waals surface area contributed by atoms with Gasteiger partial charge in [0.25, 0.3) is 5.91 Å². The number of aromatic amines is 1. The van der Waals surface area contributed by atoms with E-state index in [9.17, 15) is 14.4 Å². The second-order valence-electron chi connectivity index (χ2n) is 7.04. The van der Waals surface area contributed by atoms with Gasteiger partial charge in [-0.2, -0.15) is 0 Å². The van der Waals surface area contributed by atoms with Gasteiger partial charge in [-0.15, -0.1) is 0 Å². The van der Waals surface area contributed by atoms with Crippen molar-refractivity contribution in [2.45, 2.75) is 65.5 Å². The molecule has 0 aromatic carbocycles. The Morgan fingerprint density at radius 1 is 1.15 bits per heavy atom. The van der Waals surface area contributed by atoms with Crippen molar-refractivity contribution in [1.82, 2.24) is 10.3 Å². The number of carbonyl (C=O) groups is 3. The van der Waals surface area contributed by atoms with Crippen LogP contribution < -0.4 is 5.32 Å². The number of hydrogen-bond acceptors (Lipinski definition) is 5. The van der Waals surface area contributed by atoms with Crippen molar-refractivity contribution in [3.63, 3.8) is 0 Å². The summed E-state index contributed by atoms with van der Waals surface area (Å²) in [7, 11) is 1.28. The molecule has 1 saturated carbocycles. The molecule has 144 valence electrons. The molecule has 0 radical (unpaired) electrons. The highest BCUT2D eigenvalue weighted by molar-refractivity contribution is 5.99. The molecule has 1 aromatic rings. The third-order valence-electron chi connectivity index (χ3n) is 5.12. The van der Waals surface area contributed by atoms with Crippen LogP contribution in [-0.2, 0) is 14.3 Å². The number of aryl methyl sites for hydroxylation is 1. The molecule has 0 spiro atoms. The van der Waals surface area contributed by atoms with E-state index in [1.54, 1.807) is 20.8 Å². The van der Waals surface area contributed by atoms with Crippen LogP contribution in [0.15, 0.2) is 0 Å². The maximum Gasteiger partial charge on any atom is 0.355 e. The summed E-state index contributed by atoms with van der Waals surface area (Å²) in [6.07, 6.45) is 3.41. The molecular weight excluding hydrogens is 336 g/mol. The van der Waals surface area contributed by atoms with Gasteiger partial charge in [-0.25, -0.2) is 9.59 Å². The summed E-state index contributed by atoms with van der Waals surface area (Å²) >= 11 is 0. The fraction of sp³-hybridized carbons (Fsp3) is 0.632. The number of aromatic nitrogens is 1. The molecule has 1 amide bonds. The molecule has 0 saturated heterocycles. The van der Waals surface area contributed by atoms with Crippen molar-refractivity contribution in [2.24, 2.45) is 5.92 Å². The van der Waals surface area contributed by atoms with Crippen molar-refractivity contribution in [2.75, 3.05) is 7.11 Å². The Hall–Kier alpha value is -2.31. The van der Waals surface area contributed by atoms with Gasteiger partial charge < -0.3 is 19.8 Å². The number of rotatable bonds is 5. The second-order valence-corrected chi connectivity index (χ2v) is 7.04. The van der Waals surface area contributed by atoms with Crippen molar-refractivity contribution in [3.05, 3.63) is 22.5 Å². The molecule has 7 heteroatoms. The molecule has 2 N–H and O–H groups in total. The highest BCUT2D eigenvalue weighted by Gasteiger charge is 2.28. The third kappa shape index (κ3) is 4.26. The van der Waals surface area contributed by atoms with Gasteiger partial charge in [0.05, 0.1) is 12.7 Å². The number of amides is 1. The van der Waals surface area contributed by atoms with Gasteiger partial charge in [-0.1, -0.05) is 19.8 Å². The average Bonchev–Trinajstić information content (AvgIpc) is 2.90. The van der Waals surface area contributed by atoms with E-state index in [-0.39, 0.29) is 17.6 Å². The molecule has 3 atom stereocenters. The lowest BCUT2D eigenvalue weighted by molar-refractivity contribution is -0.130. The van der Waals surface area contributed by atoms with Gasteiger partial charge >= 0.3 is 11.9 Å². The normalized spacial score (nSPS) is 21.0. The van der Waals surface area contributed by atoms with E-state index in [1.165, 1.54) is 13.5 Å². The van der Waals surface area contributed by atoms with Gasteiger partial charge in [-0.3, -0.25) is 4.79 Å². The van der Waals surface area contributed by atoms with Crippen LogP contribution in [0.25, 0.3) is 0 Å².